The standard InChI is InChI=1S/C26H24N6O3S/c1-36(2)8-7-35-17-32-15-23(22-14-29-16-30-26(22)32)25(34)20-10-21(13-28-12-20)31-24(33)9-18-3-5-19(11-27)6-4-18/h3-6,10,12-16H,7-9,17H2,1-2H3/p+1. The predicted molar refractivity (Wildman–Crippen MR) is 139 cm³/mol. The molecule has 0 aliphatic heterocycles. The normalized spacial score (nSPS) is 10.9. The van der Waals surface area contributed by atoms with Crippen LogP contribution in [0.5, 0.6) is 0 Å². The number of aromatic nitrogens is 4. The van der Waals surface area contributed by atoms with E-state index >= 15 is 0 Å². The fourth-order valence-corrected chi connectivity index (χ4v) is 4.02. The summed E-state index contributed by atoms with van der Waals surface area (Å²) in [6.45, 7) is 0.903. The molecule has 0 saturated heterocycles. The number of rotatable bonds is 10. The number of nitrogens with zero attached hydrogens (tertiary/aromatic N) is 5. The minimum atomic E-state index is -0.257. The lowest BCUT2D eigenvalue weighted by molar-refractivity contribution is -0.115. The monoisotopic (exact) mass is 501 g/mol. The summed E-state index contributed by atoms with van der Waals surface area (Å²) < 4.78 is 7.58. The number of ketones is 1. The smallest absolute Gasteiger partial charge is 0.228 e. The Morgan fingerprint density at radius 3 is 2.69 bits per heavy atom. The number of amides is 1. The lowest BCUT2D eigenvalue weighted by Crippen LogP contribution is -2.15. The van der Waals surface area contributed by atoms with Gasteiger partial charge in [-0.3, -0.25) is 14.6 Å². The van der Waals surface area contributed by atoms with E-state index in [1.165, 1.54) is 18.7 Å². The quantitative estimate of drug-likeness (QED) is 0.201. The maximum atomic E-state index is 13.4. The average molecular weight is 502 g/mol. The van der Waals surface area contributed by atoms with Gasteiger partial charge in [-0.2, -0.15) is 5.26 Å². The molecule has 182 valence electrons. The maximum absolute atomic E-state index is 13.4. The molecule has 4 aromatic rings. The summed E-state index contributed by atoms with van der Waals surface area (Å²) in [4.78, 5) is 38.5. The van der Waals surface area contributed by atoms with Crippen LogP contribution < -0.4 is 5.32 Å². The van der Waals surface area contributed by atoms with E-state index in [2.05, 4.69) is 32.8 Å². The number of benzene rings is 1. The minimum absolute atomic E-state index is 0.131. The van der Waals surface area contributed by atoms with Crippen LogP contribution in [0, 0.1) is 11.3 Å². The zero-order chi connectivity index (χ0) is 25.5. The van der Waals surface area contributed by atoms with Gasteiger partial charge < -0.3 is 14.6 Å². The number of nitrogens with one attached hydrogen (secondary N) is 1. The molecule has 0 saturated carbocycles. The first kappa shape index (κ1) is 25.0. The van der Waals surface area contributed by atoms with Crippen molar-refractivity contribution < 1.29 is 14.3 Å². The van der Waals surface area contributed by atoms with Gasteiger partial charge in [0.1, 0.15) is 24.5 Å². The van der Waals surface area contributed by atoms with Crippen molar-refractivity contribution in [1.29, 1.82) is 5.26 Å². The fraction of sp³-hybridized carbons (Fsp3) is 0.231. The van der Waals surface area contributed by atoms with Crippen LogP contribution in [0.1, 0.15) is 27.0 Å². The lowest BCUT2D eigenvalue weighted by Gasteiger charge is -2.07. The molecular formula is C26H25N6O3S+. The Labute approximate surface area is 211 Å². The van der Waals surface area contributed by atoms with Gasteiger partial charge in [0.15, 0.2) is 5.78 Å². The average Bonchev–Trinajstić information content (AvgIpc) is 3.25. The Hall–Kier alpha value is -4.07. The molecule has 3 heterocycles. The van der Waals surface area contributed by atoms with Crippen molar-refractivity contribution in [3.05, 3.63) is 83.7 Å². The second kappa shape index (κ2) is 11.6. The summed E-state index contributed by atoms with van der Waals surface area (Å²) in [6, 6.07) is 10.5. The molecule has 0 fully saturated rings. The van der Waals surface area contributed by atoms with Crippen molar-refractivity contribution in [2.24, 2.45) is 0 Å². The molecule has 36 heavy (non-hydrogen) atoms. The molecule has 0 aliphatic carbocycles. The maximum Gasteiger partial charge on any atom is 0.228 e. The van der Waals surface area contributed by atoms with Crippen LogP contribution in [0.25, 0.3) is 11.0 Å². The van der Waals surface area contributed by atoms with Crippen molar-refractivity contribution in [3.8, 4) is 6.07 Å². The van der Waals surface area contributed by atoms with Crippen LogP contribution in [0.3, 0.4) is 0 Å². The molecule has 0 atom stereocenters. The Morgan fingerprint density at radius 2 is 1.94 bits per heavy atom. The predicted octanol–water partition coefficient (Wildman–Crippen LogP) is 2.96. The van der Waals surface area contributed by atoms with E-state index in [1.807, 2.05) is 6.07 Å². The van der Waals surface area contributed by atoms with Gasteiger partial charge in [-0.05, 0) is 34.7 Å². The molecule has 1 amide bonds. The molecule has 0 radical (unpaired) electrons. The first-order valence-corrected chi connectivity index (χ1v) is 13.3. The fourth-order valence-electron chi connectivity index (χ4n) is 3.57. The number of carbonyl (C=O) groups excluding carboxylic acids is 2. The summed E-state index contributed by atoms with van der Waals surface area (Å²) in [5, 5.41) is 12.3. The Kier molecular flexibility index (Phi) is 8.05. The lowest BCUT2D eigenvalue weighted by atomic mass is 10.1. The Bertz CT molecular complexity index is 1430. The second-order valence-corrected chi connectivity index (χ2v) is 10.7. The number of ether oxygens (including phenoxy) is 1. The molecule has 3 aromatic heterocycles. The van der Waals surface area contributed by atoms with E-state index in [4.69, 9.17) is 10.00 Å². The molecule has 0 aliphatic rings. The van der Waals surface area contributed by atoms with Crippen LogP contribution in [-0.2, 0) is 33.6 Å². The molecular weight excluding hydrogens is 476 g/mol. The van der Waals surface area contributed by atoms with Gasteiger partial charge in [-0.1, -0.05) is 12.1 Å². The van der Waals surface area contributed by atoms with Crippen molar-refractivity contribution in [2.75, 3.05) is 30.2 Å². The highest BCUT2D eigenvalue weighted by Gasteiger charge is 2.19. The van der Waals surface area contributed by atoms with Crippen LogP contribution in [0.2, 0.25) is 0 Å². The number of fused-ring (bicyclic) bond motifs is 1. The SMILES string of the molecule is C[S+](C)CCOCn1cc(C(=O)c2cncc(NC(=O)Cc3ccc(C#N)cc3)c2)c2cncnc21. The molecule has 10 heteroatoms. The number of anilines is 1. The van der Waals surface area contributed by atoms with Gasteiger partial charge in [-0.15, -0.1) is 0 Å². The summed E-state index contributed by atoms with van der Waals surface area (Å²) in [6.07, 6.45) is 12.2. The summed E-state index contributed by atoms with van der Waals surface area (Å²) >= 11 is 0. The first-order chi connectivity index (χ1) is 17.4. The highest BCUT2D eigenvalue weighted by molar-refractivity contribution is 7.95. The van der Waals surface area contributed by atoms with Crippen molar-refractivity contribution in [2.45, 2.75) is 13.2 Å². The third-order valence-electron chi connectivity index (χ3n) is 5.38. The minimum Gasteiger partial charge on any atom is -0.356 e. The third kappa shape index (κ3) is 6.13. The van der Waals surface area contributed by atoms with E-state index in [0.717, 1.165) is 11.3 Å². The number of nitriles is 1. The Morgan fingerprint density at radius 1 is 1.14 bits per heavy atom. The van der Waals surface area contributed by atoms with Crippen molar-refractivity contribution in [1.82, 2.24) is 19.5 Å². The molecule has 0 bridgehead atoms. The number of carbonyl (C=O) groups is 2. The van der Waals surface area contributed by atoms with Gasteiger partial charge >= 0.3 is 0 Å². The molecule has 9 nitrogen and oxygen atoms in total. The third-order valence-corrected chi connectivity index (χ3v) is 6.36. The zero-order valence-electron chi connectivity index (χ0n) is 20.0. The summed E-state index contributed by atoms with van der Waals surface area (Å²) in [7, 11) is 0.290. The van der Waals surface area contributed by atoms with E-state index < -0.39 is 0 Å². The first-order valence-electron chi connectivity index (χ1n) is 11.1. The van der Waals surface area contributed by atoms with E-state index in [9.17, 15) is 9.59 Å². The van der Waals surface area contributed by atoms with Crippen molar-refractivity contribution in [3.63, 3.8) is 0 Å². The molecule has 1 aromatic carbocycles. The zero-order valence-corrected chi connectivity index (χ0v) is 20.8. The number of pyridine rings is 1. The molecule has 1 N–H and O–H groups in total. The molecule has 4 rings (SSSR count). The van der Waals surface area contributed by atoms with Gasteiger partial charge in [0.2, 0.25) is 5.91 Å². The van der Waals surface area contributed by atoms with E-state index in [-0.39, 0.29) is 35.7 Å². The van der Waals surface area contributed by atoms with Gasteiger partial charge in [0, 0.05) is 29.5 Å². The second-order valence-electron chi connectivity index (χ2n) is 8.32. The largest absolute Gasteiger partial charge is 0.356 e. The van der Waals surface area contributed by atoms with Gasteiger partial charge in [0.05, 0.1) is 54.6 Å². The van der Waals surface area contributed by atoms with Crippen LogP contribution >= 0.6 is 0 Å². The van der Waals surface area contributed by atoms with Gasteiger partial charge in [0.25, 0.3) is 0 Å². The number of hydrogen-bond acceptors (Lipinski definition) is 7. The van der Waals surface area contributed by atoms with Gasteiger partial charge in [-0.25, -0.2) is 9.97 Å². The topological polar surface area (TPSA) is 123 Å². The summed E-state index contributed by atoms with van der Waals surface area (Å²) in [5.74, 6) is 0.457. The van der Waals surface area contributed by atoms with Crippen LogP contribution in [0.15, 0.2) is 61.4 Å². The van der Waals surface area contributed by atoms with Crippen molar-refractivity contribution >= 4 is 39.3 Å². The van der Waals surface area contributed by atoms with Crippen LogP contribution in [-0.4, -0.2) is 56.1 Å². The molecule has 0 unspecified atom stereocenters. The van der Waals surface area contributed by atoms with E-state index in [0.29, 0.717) is 40.0 Å². The number of hydrogen-bond donors (Lipinski definition) is 1. The van der Waals surface area contributed by atoms with Crippen LogP contribution in [0.4, 0.5) is 5.69 Å². The highest BCUT2D eigenvalue weighted by atomic mass is 32.2. The molecule has 0 spiro atoms. The summed E-state index contributed by atoms with van der Waals surface area (Å²) in [5.41, 5.74) is 3.09. The Balaban J connectivity index is 1.49. The van der Waals surface area contributed by atoms with E-state index in [1.54, 1.807) is 47.3 Å². The highest BCUT2D eigenvalue weighted by Crippen LogP contribution is 2.23.